The van der Waals surface area contributed by atoms with Crippen LogP contribution in [0.5, 0.6) is 0 Å². The fraction of sp³-hybridized carbons (Fsp3) is 0.263. The molecule has 0 aliphatic carbocycles. The van der Waals surface area contributed by atoms with Gasteiger partial charge in [0.2, 0.25) is 0 Å². The van der Waals surface area contributed by atoms with Gasteiger partial charge in [-0.2, -0.15) is 0 Å². The number of anilines is 1. The summed E-state index contributed by atoms with van der Waals surface area (Å²) in [5.74, 6) is -0.344. The summed E-state index contributed by atoms with van der Waals surface area (Å²) in [6.45, 7) is 7.02. The van der Waals surface area contributed by atoms with E-state index in [1.54, 1.807) is 41.3 Å². The second kappa shape index (κ2) is 7.97. The number of halogens is 1. The van der Waals surface area contributed by atoms with Gasteiger partial charge in [0, 0.05) is 34.9 Å². The molecule has 0 unspecified atom stereocenters. The summed E-state index contributed by atoms with van der Waals surface area (Å²) in [4.78, 5) is 26.6. The zero-order chi connectivity index (χ0) is 17.7. The van der Waals surface area contributed by atoms with Crippen LogP contribution in [-0.2, 0) is 0 Å². The smallest absolute Gasteiger partial charge is 0.255 e. The van der Waals surface area contributed by atoms with Crippen molar-refractivity contribution in [3.05, 3.63) is 64.2 Å². The molecule has 126 valence electrons. The van der Waals surface area contributed by atoms with Gasteiger partial charge in [-0.15, -0.1) is 0 Å². The van der Waals surface area contributed by atoms with Gasteiger partial charge in [-0.3, -0.25) is 9.59 Å². The molecule has 0 heterocycles. The maximum Gasteiger partial charge on any atom is 0.255 e. The number of hydrogen-bond donors (Lipinski definition) is 1. The topological polar surface area (TPSA) is 49.4 Å². The van der Waals surface area contributed by atoms with Gasteiger partial charge >= 0.3 is 0 Å². The van der Waals surface area contributed by atoms with Gasteiger partial charge < -0.3 is 10.2 Å². The summed E-state index contributed by atoms with van der Waals surface area (Å²) < 4.78 is 0. The summed E-state index contributed by atoms with van der Waals surface area (Å²) in [6, 6.07) is 12.1. The zero-order valence-corrected chi connectivity index (χ0v) is 14.9. The molecule has 0 saturated carbocycles. The minimum Gasteiger partial charge on any atom is -0.339 e. The third-order valence-corrected chi connectivity index (χ3v) is 4.11. The lowest BCUT2D eigenvalue weighted by molar-refractivity contribution is 0.0773. The molecule has 2 aromatic carbocycles. The van der Waals surface area contributed by atoms with Crippen molar-refractivity contribution >= 4 is 29.1 Å². The quantitative estimate of drug-likeness (QED) is 0.874. The molecule has 1 N–H and O–H groups in total. The number of nitrogens with zero attached hydrogens (tertiary/aromatic N) is 1. The Morgan fingerprint density at radius 3 is 2.38 bits per heavy atom. The van der Waals surface area contributed by atoms with Crippen molar-refractivity contribution < 1.29 is 9.59 Å². The molecule has 0 bridgehead atoms. The van der Waals surface area contributed by atoms with Crippen LogP contribution in [0.4, 0.5) is 5.69 Å². The first-order chi connectivity index (χ1) is 11.5. The van der Waals surface area contributed by atoms with Crippen molar-refractivity contribution in [2.45, 2.75) is 20.8 Å². The van der Waals surface area contributed by atoms with Gasteiger partial charge in [0.05, 0.1) is 0 Å². The molecule has 2 rings (SSSR count). The molecular weight excluding hydrogens is 324 g/mol. The highest BCUT2D eigenvalue weighted by atomic mass is 35.5. The first-order valence-corrected chi connectivity index (χ1v) is 8.30. The highest BCUT2D eigenvalue weighted by Gasteiger charge is 2.15. The Bertz CT molecular complexity index is 755. The van der Waals surface area contributed by atoms with Crippen molar-refractivity contribution in [1.29, 1.82) is 0 Å². The number of amides is 2. The van der Waals surface area contributed by atoms with Gasteiger partial charge in [0.25, 0.3) is 11.8 Å². The monoisotopic (exact) mass is 344 g/mol. The predicted octanol–water partition coefficient (Wildman–Crippen LogP) is 4.38. The molecule has 4 nitrogen and oxygen atoms in total. The van der Waals surface area contributed by atoms with E-state index in [4.69, 9.17) is 11.6 Å². The minimum atomic E-state index is -0.269. The lowest BCUT2D eigenvalue weighted by Gasteiger charge is -2.18. The maximum absolute atomic E-state index is 12.5. The van der Waals surface area contributed by atoms with Gasteiger partial charge in [0.1, 0.15) is 0 Å². The van der Waals surface area contributed by atoms with Crippen LogP contribution in [0.3, 0.4) is 0 Å². The van der Waals surface area contributed by atoms with E-state index in [1.807, 2.05) is 26.8 Å². The molecule has 0 spiro atoms. The summed E-state index contributed by atoms with van der Waals surface area (Å²) in [5, 5.41) is 3.40. The van der Waals surface area contributed by atoms with Crippen LogP contribution in [-0.4, -0.2) is 29.8 Å². The molecule has 2 amide bonds. The van der Waals surface area contributed by atoms with E-state index in [-0.39, 0.29) is 11.8 Å². The normalized spacial score (nSPS) is 10.3. The van der Waals surface area contributed by atoms with Gasteiger partial charge in [-0.05, 0) is 56.7 Å². The molecule has 2 aromatic rings. The van der Waals surface area contributed by atoms with Gasteiger partial charge in [-0.25, -0.2) is 0 Å². The molecule has 0 atom stereocenters. The van der Waals surface area contributed by atoms with Crippen molar-refractivity contribution in [3.63, 3.8) is 0 Å². The maximum atomic E-state index is 12.5. The van der Waals surface area contributed by atoms with Gasteiger partial charge in [-0.1, -0.05) is 23.7 Å². The number of benzene rings is 2. The van der Waals surface area contributed by atoms with Crippen molar-refractivity contribution in [3.8, 4) is 0 Å². The largest absolute Gasteiger partial charge is 0.339 e. The fourth-order valence-corrected chi connectivity index (χ4v) is 2.58. The molecular formula is C19H21ClN2O2. The Hall–Kier alpha value is -2.33. The number of hydrogen-bond acceptors (Lipinski definition) is 2. The van der Waals surface area contributed by atoms with Gasteiger partial charge in [0.15, 0.2) is 0 Å². The van der Waals surface area contributed by atoms with E-state index < -0.39 is 0 Å². The summed E-state index contributed by atoms with van der Waals surface area (Å²) in [6.07, 6.45) is 0. The Morgan fingerprint density at radius 2 is 1.71 bits per heavy atom. The molecule has 0 aromatic heterocycles. The first-order valence-electron chi connectivity index (χ1n) is 7.93. The number of rotatable bonds is 5. The standard InChI is InChI=1S/C19H21ClN2O2/c1-4-22(5-2)19(24)15-8-6-7-14(11-15)18(23)21-17-12-16(20)10-9-13(17)3/h6-12H,4-5H2,1-3H3,(H,21,23). The second-order valence-electron chi connectivity index (χ2n) is 5.47. The highest BCUT2D eigenvalue weighted by molar-refractivity contribution is 6.31. The fourth-order valence-electron chi connectivity index (χ4n) is 2.41. The highest BCUT2D eigenvalue weighted by Crippen LogP contribution is 2.21. The Kier molecular flexibility index (Phi) is 5.99. The zero-order valence-electron chi connectivity index (χ0n) is 14.1. The van der Waals surface area contributed by atoms with Crippen molar-refractivity contribution in [1.82, 2.24) is 4.90 Å². The molecule has 0 aliphatic rings. The molecule has 5 heteroatoms. The SMILES string of the molecule is CCN(CC)C(=O)c1cccc(C(=O)Nc2cc(Cl)ccc2C)c1. The van der Waals surface area contributed by atoms with E-state index in [2.05, 4.69) is 5.32 Å². The Labute approximate surface area is 147 Å². The van der Waals surface area contributed by atoms with E-state index in [1.165, 1.54) is 0 Å². The van der Waals surface area contributed by atoms with Crippen LogP contribution < -0.4 is 5.32 Å². The summed E-state index contributed by atoms with van der Waals surface area (Å²) in [5.41, 5.74) is 2.53. The molecule has 24 heavy (non-hydrogen) atoms. The molecule has 0 fully saturated rings. The average Bonchev–Trinajstić information content (AvgIpc) is 2.59. The van der Waals surface area contributed by atoms with E-state index >= 15 is 0 Å². The van der Waals surface area contributed by atoms with E-state index in [9.17, 15) is 9.59 Å². The average molecular weight is 345 g/mol. The molecule has 0 aliphatic heterocycles. The van der Waals surface area contributed by atoms with Crippen LogP contribution in [0, 0.1) is 6.92 Å². The summed E-state index contributed by atoms with van der Waals surface area (Å²) >= 11 is 5.98. The van der Waals surface area contributed by atoms with Crippen LogP contribution in [0.15, 0.2) is 42.5 Å². The Balaban J connectivity index is 2.23. The third kappa shape index (κ3) is 4.15. The second-order valence-corrected chi connectivity index (χ2v) is 5.91. The summed E-state index contributed by atoms with van der Waals surface area (Å²) in [7, 11) is 0. The van der Waals surface area contributed by atoms with Crippen LogP contribution in [0.2, 0.25) is 5.02 Å². The van der Waals surface area contributed by atoms with E-state index in [0.29, 0.717) is 34.9 Å². The third-order valence-electron chi connectivity index (χ3n) is 3.87. The number of nitrogens with one attached hydrogen (secondary N) is 1. The van der Waals surface area contributed by atoms with E-state index in [0.717, 1.165) is 5.56 Å². The van der Waals surface area contributed by atoms with Crippen LogP contribution in [0.1, 0.15) is 40.1 Å². The predicted molar refractivity (Wildman–Crippen MR) is 97.8 cm³/mol. The minimum absolute atomic E-state index is 0.0754. The number of carbonyl (C=O) groups excluding carboxylic acids is 2. The molecule has 0 radical (unpaired) electrons. The van der Waals surface area contributed by atoms with Crippen LogP contribution in [0.25, 0.3) is 0 Å². The number of carbonyl (C=O) groups is 2. The molecule has 0 saturated heterocycles. The lowest BCUT2D eigenvalue weighted by atomic mass is 10.1. The van der Waals surface area contributed by atoms with Crippen LogP contribution >= 0.6 is 11.6 Å². The van der Waals surface area contributed by atoms with Crippen molar-refractivity contribution in [2.75, 3.05) is 18.4 Å². The number of aryl methyl sites for hydroxylation is 1. The van der Waals surface area contributed by atoms with Crippen molar-refractivity contribution in [2.24, 2.45) is 0 Å². The Morgan fingerprint density at radius 1 is 1.04 bits per heavy atom. The lowest BCUT2D eigenvalue weighted by Crippen LogP contribution is -2.30. The first kappa shape index (κ1) is 18.0.